The van der Waals surface area contributed by atoms with Gasteiger partial charge in [0, 0.05) is 22.7 Å². The van der Waals surface area contributed by atoms with Crippen molar-refractivity contribution < 1.29 is 9.84 Å². The molecular formula is C16H22Cl2O2. The van der Waals surface area contributed by atoms with E-state index in [1.54, 1.807) is 25.3 Å². The molecule has 20 heavy (non-hydrogen) atoms. The second-order valence-electron chi connectivity index (χ2n) is 6.50. The van der Waals surface area contributed by atoms with Crippen LogP contribution in [0, 0.1) is 5.41 Å². The zero-order chi connectivity index (χ0) is 15.0. The smallest absolute Gasteiger partial charge is 0.109 e. The van der Waals surface area contributed by atoms with Crippen LogP contribution in [-0.4, -0.2) is 17.8 Å². The molecule has 1 aliphatic rings. The fourth-order valence-electron chi connectivity index (χ4n) is 2.95. The topological polar surface area (TPSA) is 29.5 Å². The number of benzene rings is 1. The first kappa shape index (κ1) is 16.1. The number of rotatable bonds is 3. The molecule has 0 spiro atoms. The highest BCUT2D eigenvalue weighted by atomic mass is 35.5. The summed E-state index contributed by atoms with van der Waals surface area (Å²) >= 11 is 12.2. The SMILES string of the molecule is COC1(C(O)c2cc(Cl)ccc2Cl)CCC(C)(C)CC1. The first-order chi connectivity index (χ1) is 9.30. The summed E-state index contributed by atoms with van der Waals surface area (Å²) in [6, 6.07) is 5.18. The van der Waals surface area contributed by atoms with Crippen molar-refractivity contribution in [2.45, 2.75) is 51.2 Å². The molecule has 2 rings (SSSR count). The van der Waals surface area contributed by atoms with Crippen molar-refractivity contribution in [2.75, 3.05) is 7.11 Å². The molecule has 1 unspecified atom stereocenters. The molecule has 2 nitrogen and oxygen atoms in total. The van der Waals surface area contributed by atoms with E-state index in [9.17, 15) is 5.11 Å². The summed E-state index contributed by atoms with van der Waals surface area (Å²) in [5.41, 5.74) is 0.393. The van der Waals surface area contributed by atoms with E-state index in [4.69, 9.17) is 27.9 Å². The van der Waals surface area contributed by atoms with Crippen LogP contribution in [-0.2, 0) is 4.74 Å². The van der Waals surface area contributed by atoms with Crippen molar-refractivity contribution in [2.24, 2.45) is 5.41 Å². The lowest BCUT2D eigenvalue weighted by Gasteiger charge is -2.45. The molecule has 0 bridgehead atoms. The maximum Gasteiger partial charge on any atom is 0.109 e. The minimum atomic E-state index is -0.755. The summed E-state index contributed by atoms with van der Waals surface area (Å²) in [5.74, 6) is 0. The van der Waals surface area contributed by atoms with E-state index >= 15 is 0 Å². The van der Waals surface area contributed by atoms with Gasteiger partial charge in [-0.05, 0) is 49.3 Å². The predicted molar refractivity (Wildman–Crippen MR) is 83.4 cm³/mol. The molecule has 0 aliphatic heterocycles. The van der Waals surface area contributed by atoms with Gasteiger partial charge in [-0.3, -0.25) is 0 Å². The minimum absolute atomic E-state index is 0.305. The summed E-state index contributed by atoms with van der Waals surface area (Å²) in [4.78, 5) is 0. The van der Waals surface area contributed by atoms with Crippen molar-refractivity contribution >= 4 is 23.2 Å². The highest BCUT2D eigenvalue weighted by Gasteiger charge is 2.44. The summed E-state index contributed by atoms with van der Waals surface area (Å²) in [7, 11) is 1.67. The van der Waals surface area contributed by atoms with Crippen LogP contribution in [0.3, 0.4) is 0 Å². The van der Waals surface area contributed by atoms with E-state index in [2.05, 4.69) is 13.8 Å². The number of ether oxygens (including phenoxy) is 1. The summed E-state index contributed by atoms with van der Waals surface area (Å²) in [6.45, 7) is 4.51. The van der Waals surface area contributed by atoms with Crippen LogP contribution in [0.1, 0.15) is 51.2 Å². The second-order valence-corrected chi connectivity index (χ2v) is 7.35. The quantitative estimate of drug-likeness (QED) is 0.849. The largest absolute Gasteiger partial charge is 0.385 e. The second kappa shape index (κ2) is 5.84. The Morgan fingerprint density at radius 2 is 1.75 bits per heavy atom. The third-order valence-electron chi connectivity index (χ3n) is 4.61. The zero-order valence-corrected chi connectivity index (χ0v) is 13.8. The number of halogens is 2. The van der Waals surface area contributed by atoms with E-state index < -0.39 is 11.7 Å². The number of aliphatic hydroxyl groups excluding tert-OH is 1. The average molecular weight is 317 g/mol. The van der Waals surface area contributed by atoms with Crippen LogP contribution >= 0.6 is 23.2 Å². The van der Waals surface area contributed by atoms with Gasteiger partial charge in [-0.2, -0.15) is 0 Å². The Labute approximate surface area is 131 Å². The Morgan fingerprint density at radius 1 is 1.15 bits per heavy atom. The van der Waals surface area contributed by atoms with Crippen molar-refractivity contribution in [3.8, 4) is 0 Å². The molecule has 0 saturated heterocycles. The van der Waals surface area contributed by atoms with Crippen LogP contribution in [0.4, 0.5) is 0 Å². The van der Waals surface area contributed by atoms with Gasteiger partial charge in [-0.1, -0.05) is 37.0 Å². The van der Waals surface area contributed by atoms with E-state index in [0.29, 0.717) is 21.0 Å². The molecule has 112 valence electrons. The molecule has 0 heterocycles. The third kappa shape index (κ3) is 3.14. The van der Waals surface area contributed by atoms with Gasteiger partial charge in [0.15, 0.2) is 0 Å². The lowest BCUT2D eigenvalue weighted by molar-refractivity contribution is -0.138. The van der Waals surface area contributed by atoms with Crippen molar-refractivity contribution in [1.82, 2.24) is 0 Å². The van der Waals surface area contributed by atoms with Crippen molar-refractivity contribution in [3.05, 3.63) is 33.8 Å². The van der Waals surface area contributed by atoms with Crippen LogP contribution in [0.25, 0.3) is 0 Å². The van der Waals surface area contributed by atoms with Crippen LogP contribution in [0.2, 0.25) is 10.0 Å². The number of aliphatic hydroxyl groups is 1. The highest BCUT2D eigenvalue weighted by Crippen LogP contribution is 2.48. The fourth-order valence-corrected chi connectivity index (χ4v) is 3.35. The molecule has 4 heteroatoms. The molecule has 1 atom stereocenters. The van der Waals surface area contributed by atoms with E-state index in [-0.39, 0.29) is 0 Å². The Balaban J connectivity index is 2.30. The molecule has 0 radical (unpaired) electrons. The van der Waals surface area contributed by atoms with Crippen LogP contribution in [0.15, 0.2) is 18.2 Å². The number of methoxy groups -OCH3 is 1. The Kier molecular flexibility index (Phi) is 4.70. The molecule has 1 aromatic carbocycles. The highest BCUT2D eigenvalue weighted by molar-refractivity contribution is 6.33. The Morgan fingerprint density at radius 3 is 2.30 bits per heavy atom. The van der Waals surface area contributed by atoms with Gasteiger partial charge in [-0.25, -0.2) is 0 Å². The van der Waals surface area contributed by atoms with Crippen molar-refractivity contribution in [3.63, 3.8) is 0 Å². The average Bonchev–Trinajstić information content (AvgIpc) is 2.41. The van der Waals surface area contributed by atoms with Gasteiger partial charge < -0.3 is 9.84 Å². The van der Waals surface area contributed by atoms with Crippen LogP contribution in [0.5, 0.6) is 0 Å². The minimum Gasteiger partial charge on any atom is -0.385 e. The summed E-state index contributed by atoms with van der Waals surface area (Å²) in [6.07, 6.45) is 2.93. The molecule has 1 N–H and O–H groups in total. The maximum absolute atomic E-state index is 10.8. The monoisotopic (exact) mass is 316 g/mol. The molecule has 1 aromatic rings. The lowest BCUT2D eigenvalue weighted by atomic mass is 9.68. The molecule has 0 amide bonds. The molecule has 1 aliphatic carbocycles. The lowest BCUT2D eigenvalue weighted by Crippen LogP contribution is -2.44. The fraction of sp³-hybridized carbons (Fsp3) is 0.625. The molecule has 0 aromatic heterocycles. The Hall–Kier alpha value is -0.280. The first-order valence-electron chi connectivity index (χ1n) is 6.98. The third-order valence-corrected chi connectivity index (χ3v) is 5.19. The van der Waals surface area contributed by atoms with E-state index in [1.165, 1.54) is 0 Å². The zero-order valence-electron chi connectivity index (χ0n) is 12.2. The normalized spacial score (nSPS) is 22.5. The van der Waals surface area contributed by atoms with Gasteiger partial charge >= 0.3 is 0 Å². The standard InChI is InChI=1S/C16H22Cl2O2/c1-15(2)6-8-16(20-3,9-7-15)14(19)12-10-11(17)4-5-13(12)18/h4-5,10,14,19H,6-9H2,1-3H3. The van der Waals surface area contributed by atoms with E-state index in [1.807, 2.05) is 0 Å². The molecule has 1 saturated carbocycles. The Bertz CT molecular complexity index is 475. The van der Waals surface area contributed by atoms with Crippen LogP contribution < -0.4 is 0 Å². The van der Waals surface area contributed by atoms with Gasteiger partial charge in [-0.15, -0.1) is 0 Å². The maximum atomic E-state index is 10.8. The van der Waals surface area contributed by atoms with E-state index in [0.717, 1.165) is 25.7 Å². The van der Waals surface area contributed by atoms with Crippen molar-refractivity contribution in [1.29, 1.82) is 0 Å². The van der Waals surface area contributed by atoms with Gasteiger partial charge in [0.25, 0.3) is 0 Å². The van der Waals surface area contributed by atoms with Gasteiger partial charge in [0.2, 0.25) is 0 Å². The summed E-state index contributed by atoms with van der Waals surface area (Å²) in [5, 5.41) is 11.9. The molecule has 1 fully saturated rings. The van der Waals surface area contributed by atoms with Gasteiger partial charge in [0.1, 0.15) is 6.10 Å². The predicted octanol–water partition coefficient (Wildman–Crippen LogP) is 5.01. The van der Waals surface area contributed by atoms with Gasteiger partial charge in [0.05, 0.1) is 5.60 Å². The number of hydrogen-bond acceptors (Lipinski definition) is 2. The molecular weight excluding hydrogens is 295 g/mol. The number of hydrogen-bond donors (Lipinski definition) is 1. The summed E-state index contributed by atoms with van der Waals surface area (Å²) < 4.78 is 5.73. The first-order valence-corrected chi connectivity index (χ1v) is 7.73.